The Hall–Kier alpha value is -4.41. The van der Waals surface area contributed by atoms with Crippen molar-refractivity contribution < 1.29 is 53.3 Å². The summed E-state index contributed by atoms with van der Waals surface area (Å²) in [5, 5.41) is 38.2. The lowest BCUT2D eigenvalue weighted by molar-refractivity contribution is -0.186. The summed E-state index contributed by atoms with van der Waals surface area (Å²) in [7, 11) is 4.96. The number of piperazine rings is 1. The van der Waals surface area contributed by atoms with Crippen molar-refractivity contribution in [3.8, 4) is 40.2 Å². The molecule has 0 aromatic heterocycles. The Morgan fingerprint density at radius 1 is 1.02 bits per heavy atom. The Labute approximate surface area is 316 Å². The second-order valence-electron chi connectivity index (χ2n) is 14.9. The number of carbonyl (C=O) groups is 2. The molecule has 1 spiro atoms. The van der Waals surface area contributed by atoms with Crippen molar-refractivity contribution in [2.75, 3.05) is 47.0 Å². The van der Waals surface area contributed by atoms with Gasteiger partial charge in [0, 0.05) is 47.5 Å². The maximum absolute atomic E-state index is 14.7. The molecule has 0 radical (unpaired) electrons. The molecule has 7 atom stereocenters. The van der Waals surface area contributed by atoms with Crippen LogP contribution in [0.2, 0.25) is 0 Å². The normalized spacial score (nSPS) is 29.4. The Morgan fingerprint density at radius 2 is 1.80 bits per heavy atom. The van der Waals surface area contributed by atoms with E-state index in [0.29, 0.717) is 70.2 Å². The van der Waals surface area contributed by atoms with E-state index in [4.69, 9.17) is 28.4 Å². The fourth-order valence-electron chi connectivity index (χ4n) is 10.00. The van der Waals surface area contributed by atoms with Crippen LogP contribution in [0.25, 0.3) is 0 Å². The van der Waals surface area contributed by atoms with Crippen LogP contribution in [-0.4, -0.2) is 102 Å². The fraction of sp³-hybridized carbons (Fsp3) is 0.487. The number of fused-ring (bicyclic) bond motifs is 9. The van der Waals surface area contributed by atoms with Gasteiger partial charge in [-0.15, -0.1) is 11.8 Å². The van der Waals surface area contributed by atoms with Crippen molar-refractivity contribution in [2.45, 2.75) is 74.8 Å². The number of hydrogen-bond donors (Lipinski definition) is 4. The largest absolute Gasteiger partial charge is 0.504 e. The first-order valence-electron chi connectivity index (χ1n) is 18.1. The molecular weight excluding hydrogens is 719 g/mol. The molecule has 7 aliphatic rings. The zero-order valence-corrected chi connectivity index (χ0v) is 31.7. The third-order valence-electron chi connectivity index (χ3n) is 12.3. The smallest absolute Gasteiger partial charge is 0.331 e. The molecule has 4 N–H and O–H groups in total. The molecule has 286 valence electrons. The predicted molar refractivity (Wildman–Crippen MR) is 195 cm³/mol. The number of likely N-dealkylation sites (N-methyl/N-ethyl adjacent to an activating group) is 1. The lowest BCUT2D eigenvalue weighted by atomic mass is 9.73. The van der Waals surface area contributed by atoms with Crippen LogP contribution in [0.3, 0.4) is 0 Å². The minimum absolute atomic E-state index is 0.0226. The van der Waals surface area contributed by atoms with Crippen molar-refractivity contribution in [3.05, 3.63) is 62.7 Å². The number of aryl methyl sites for hydroxylation is 1. The molecule has 7 aliphatic heterocycles. The van der Waals surface area contributed by atoms with Crippen LogP contribution in [0.1, 0.15) is 68.8 Å². The second kappa shape index (κ2) is 12.6. The molecule has 14 nitrogen and oxygen atoms in total. The van der Waals surface area contributed by atoms with E-state index in [1.807, 2.05) is 31.9 Å². The van der Waals surface area contributed by atoms with E-state index in [1.54, 1.807) is 12.1 Å². The number of methoxy groups -OCH3 is 2. The van der Waals surface area contributed by atoms with E-state index in [0.717, 1.165) is 16.7 Å². The first kappa shape index (κ1) is 35.3. The Morgan fingerprint density at radius 3 is 2.54 bits per heavy atom. The lowest BCUT2D eigenvalue weighted by Gasteiger charge is -2.62. The first-order chi connectivity index (χ1) is 25.9. The van der Waals surface area contributed by atoms with Crippen LogP contribution in [0.5, 0.6) is 40.2 Å². The molecule has 0 amide bonds. The summed E-state index contributed by atoms with van der Waals surface area (Å²) < 4.78 is 35.9. The molecule has 10 rings (SSSR count). The number of nitrogens with one attached hydrogen (secondary N) is 1. The Bertz CT molecular complexity index is 2130. The fourth-order valence-corrected chi connectivity index (χ4v) is 11.7. The third kappa shape index (κ3) is 4.74. The summed E-state index contributed by atoms with van der Waals surface area (Å²) in [5.74, 6) is 0.949. The number of aliphatic hydroxyl groups excluding tert-OH is 1. The van der Waals surface area contributed by atoms with Gasteiger partial charge in [-0.3, -0.25) is 19.9 Å². The van der Waals surface area contributed by atoms with Gasteiger partial charge in [-0.2, -0.15) is 0 Å². The molecule has 3 aromatic carbocycles. The van der Waals surface area contributed by atoms with Crippen LogP contribution in [0.4, 0.5) is 0 Å². The summed E-state index contributed by atoms with van der Waals surface area (Å²) in [6.07, 6.45) is -0.0282. The van der Waals surface area contributed by atoms with Gasteiger partial charge >= 0.3 is 11.9 Å². The highest BCUT2D eigenvalue weighted by Gasteiger charge is 2.61. The number of thioether (sulfide) groups is 1. The number of esters is 2. The second-order valence-corrected chi connectivity index (χ2v) is 16.1. The molecule has 2 fully saturated rings. The van der Waals surface area contributed by atoms with Gasteiger partial charge in [0.05, 0.1) is 37.6 Å². The summed E-state index contributed by atoms with van der Waals surface area (Å²) in [4.78, 5) is 31.7. The molecule has 1 unspecified atom stereocenters. The summed E-state index contributed by atoms with van der Waals surface area (Å²) in [6.45, 7) is 5.26. The minimum atomic E-state index is -1.36. The van der Waals surface area contributed by atoms with E-state index < -0.39 is 47.1 Å². The quantitative estimate of drug-likeness (QED) is 0.226. The summed E-state index contributed by atoms with van der Waals surface area (Å²) in [6, 6.07) is 3.13. The van der Waals surface area contributed by atoms with Crippen LogP contribution >= 0.6 is 11.8 Å². The maximum Gasteiger partial charge on any atom is 0.331 e. The van der Waals surface area contributed by atoms with Gasteiger partial charge in [0.25, 0.3) is 0 Å². The maximum atomic E-state index is 14.7. The monoisotopic (exact) mass is 761 g/mol. The summed E-state index contributed by atoms with van der Waals surface area (Å²) in [5.41, 5.74) is 4.36. The van der Waals surface area contributed by atoms with E-state index in [2.05, 4.69) is 10.2 Å². The molecule has 15 heteroatoms. The highest BCUT2D eigenvalue weighted by molar-refractivity contribution is 7.99. The molecule has 0 aliphatic carbocycles. The average Bonchev–Trinajstić information content (AvgIpc) is 3.63. The zero-order valence-electron chi connectivity index (χ0n) is 30.8. The van der Waals surface area contributed by atoms with Crippen molar-refractivity contribution in [1.29, 1.82) is 0 Å². The van der Waals surface area contributed by atoms with Crippen molar-refractivity contribution in [3.63, 3.8) is 0 Å². The molecular formula is C39H43N3O11S. The molecule has 54 heavy (non-hydrogen) atoms. The number of aliphatic hydroxyl groups is 1. The van der Waals surface area contributed by atoms with Crippen LogP contribution in [0, 0.1) is 13.8 Å². The van der Waals surface area contributed by atoms with Gasteiger partial charge in [-0.25, -0.2) is 4.79 Å². The number of nitrogens with zero attached hydrogens (tertiary/aromatic N) is 2. The van der Waals surface area contributed by atoms with E-state index in [1.165, 1.54) is 32.9 Å². The SMILES string of the molecule is COc1cc2c(cc1O)CCN[C@]21CS[C@@H]2c3c(OC(C)=O)c(C)c4c(c3[C@H](COC1=O)N1[C@@H]2[C@H]2c3c(cc(C)c(OC)c3O)CC([C@@H]1O)N2C)OCO4. The van der Waals surface area contributed by atoms with E-state index in [9.17, 15) is 24.9 Å². The number of rotatable bonds is 3. The van der Waals surface area contributed by atoms with Crippen molar-refractivity contribution in [2.24, 2.45) is 0 Å². The molecule has 2 saturated heterocycles. The van der Waals surface area contributed by atoms with Crippen LogP contribution < -0.4 is 29.0 Å². The van der Waals surface area contributed by atoms with Gasteiger partial charge in [0.15, 0.2) is 40.0 Å². The Kier molecular flexibility index (Phi) is 8.21. The van der Waals surface area contributed by atoms with Gasteiger partial charge < -0.3 is 43.7 Å². The number of benzene rings is 3. The van der Waals surface area contributed by atoms with Gasteiger partial charge in [-0.05, 0) is 68.1 Å². The first-order valence-corrected chi connectivity index (χ1v) is 19.1. The zero-order chi connectivity index (χ0) is 38.0. The number of hydrogen-bond acceptors (Lipinski definition) is 15. The molecule has 7 heterocycles. The van der Waals surface area contributed by atoms with Crippen molar-refractivity contribution >= 4 is 23.7 Å². The average molecular weight is 762 g/mol. The minimum Gasteiger partial charge on any atom is -0.504 e. The number of aromatic hydroxyl groups is 2. The van der Waals surface area contributed by atoms with Gasteiger partial charge in [0.1, 0.15) is 18.6 Å². The van der Waals surface area contributed by atoms with Gasteiger partial charge in [-0.1, -0.05) is 6.07 Å². The number of ether oxygens (including phenoxy) is 6. The number of phenolic OH excluding ortho intramolecular Hbond substituents is 2. The number of carbonyl (C=O) groups excluding carboxylic acids is 2. The van der Waals surface area contributed by atoms with Crippen LogP contribution in [0.15, 0.2) is 18.2 Å². The number of phenols is 2. The predicted octanol–water partition coefficient (Wildman–Crippen LogP) is 3.41. The highest BCUT2D eigenvalue weighted by Crippen LogP contribution is 2.64. The third-order valence-corrected chi connectivity index (χ3v) is 13.7. The molecule has 4 bridgehead atoms. The Balaban J connectivity index is 1.32. The van der Waals surface area contributed by atoms with E-state index in [-0.39, 0.29) is 42.4 Å². The topological polar surface area (TPSA) is 169 Å². The highest BCUT2D eigenvalue weighted by atomic mass is 32.2. The van der Waals surface area contributed by atoms with Crippen LogP contribution in [-0.2, 0) is 32.7 Å². The van der Waals surface area contributed by atoms with Gasteiger partial charge in [0.2, 0.25) is 6.79 Å². The summed E-state index contributed by atoms with van der Waals surface area (Å²) >= 11 is 1.47. The molecule has 0 saturated carbocycles. The standard InChI is InChI=1S/C39H43N3O11S/c1-16-9-20-10-22-37(46)42-23-13-50-38(47)39(21-12-25(48-5)24(44)11-19(21)7-8-40-39)14-54-36(30(42)29(41(22)4)26(20)31(45)32(16)49-6)28-27(23)35-34(51-15-52-35)17(2)33(28)53-18(3)43/h9,11-12,22-23,29-30,36-37,40,44-46H,7-8,10,13-15H2,1-6H3/t22?,23-,29+,30+,36+,37-,39+/m0/s1. The van der Waals surface area contributed by atoms with Crippen molar-refractivity contribution in [1.82, 2.24) is 15.1 Å². The molecule has 3 aromatic rings. The lowest BCUT2D eigenvalue weighted by Crippen LogP contribution is -2.70. The van der Waals surface area contributed by atoms with E-state index >= 15 is 0 Å².